The Kier molecular flexibility index (Phi) is 6.56. The average molecular weight is 487 g/mol. The van der Waals surface area contributed by atoms with Crippen LogP contribution in [0.1, 0.15) is 35.4 Å². The van der Waals surface area contributed by atoms with Crippen LogP contribution in [0.2, 0.25) is 0 Å². The van der Waals surface area contributed by atoms with Gasteiger partial charge >= 0.3 is 5.97 Å². The molecule has 1 saturated heterocycles. The number of aromatic nitrogens is 3. The molecule has 0 bridgehead atoms. The van der Waals surface area contributed by atoms with Crippen molar-refractivity contribution in [3.63, 3.8) is 0 Å². The maximum Gasteiger partial charge on any atom is 0.325 e. The summed E-state index contributed by atoms with van der Waals surface area (Å²) < 4.78 is 35.9. The molecular weight excluding hydrogens is 460 g/mol. The van der Waals surface area contributed by atoms with E-state index < -0.39 is 21.7 Å². The standard InChI is InChI=1S/C23H26N4O6S/c1-4-33-20(28)12-24-23(29)18-11-19(15-5-7-17(32-3)8-6-15)25-22-21(18)14(2)26-27(22)16-9-10-34(30,31)13-16/h5-8,11,16H,4,9-10,12-13H2,1-3H3,(H,24,29). The van der Waals surface area contributed by atoms with Gasteiger partial charge in [0.15, 0.2) is 15.5 Å². The molecule has 1 fully saturated rings. The number of hydrogen-bond acceptors (Lipinski definition) is 8. The summed E-state index contributed by atoms with van der Waals surface area (Å²) in [6, 6.07) is 8.49. The van der Waals surface area contributed by atoms with Crippen molar-refractivity contribution in [1.82, 2.24) is 20.1 Å². The normalized spacial score (nSPS) is 17.0. The number of rotatable bonds is 7. The summed E-state index contributed by atoms with van der Waals surface area (Å²) in [6.45, 7) is 3.38. The first-order valence-electron chi connectivity index (χ1n) is 10.9. The third kappa shape index (κ3) is 4.74. The summed E-state index contributed by atoms with van der Waals surface area (Å²) >= 11 is 0. The van der Waals surface area contributed by atoms with E-state index in [2.05, 4.69) is 10.4 Å². The van der Waals surface area contributed by atoms with Crippen LogP contribution in [0.15, 0.2) is 30.3 Å². The highest BCUT2D eigenvalue weighted by molar-refractivity contribution is 7.91. The summed E-state index contributed by atoms with van der Waals surface area (Å²) in [7, 11) is -1.58. The van der Waals surface area contributed by atoms with E-state index in [1.165, 1.54) is 0 Å². The van der Waals surface area contributed by atoms with Gasteiger partial charge in [0.25, 0.3) is 5.91 Å². The maximum atomic E-state index is 13.1. The first-order chi connectivity index (χ1) is 16.2. The zero-order valence-corrected chi connectivity index (χ0v) is 20.0. The molecule has 1 atom stereocenters. The second kappa shape index (κ2) is 9.41. The van der Waals surface area contributed by atoms with Gasteiger partial charge in [0.05, 0.1) is 53.6 Å². The van der Waals surface area contributed by atoms with E-state index in [1.807, 2.05) is 12.1 Å². The molecular formula is C23H26N4O6S. The molecule has 4 rings (SSSR count). The number of nitrogens with one attached hydrogen (secondary N) is 1. The van der Waals surface area contributed by atoms with Crippen LogP contribution in [0.25, 0.3) is 22.3 Å². The van der Waals surface area contributed by atoms with Crippen molar-refractivity contribution in [3.05, 3.63) is 41.6 Å². The fourth-order valence-electron chi connectivity index (χ4n) is 4.08. The van der Waals surface area contributed by atoms with E-state index in [4.69, 9.17) is 14.5 Å². The zero-order valence-electron chi connectivity index (χ0n) is 19.2. The predicted molar refractivity (Wildman–Crippen MR) is 126 cm³/mol. The van der Waals surface area contributed by atoms with Crippen molar-refractivity contribution in [3.8, 4) is 17.0 Å². The Morgan fingerprint density at radius 3 is 2.59 bits per heavy atom. The monoisotopic (exact) mass is 486 g/mol. The van der Waals surface area contributed by atoms with Gasteiger partial charge in [-0.3, -0.25) is 9.59 Å². The number of methoxy groups -OCH3 is 1. The summed E-state index contributed by atoms with van der Waals surface area (Å²) in [5.41, 5.74) is 2.53. The number of ether oxygens (including phenoxy) is 2. The number of sulfone groups is 1. The van der Waals surface area contributed by atoms with E-state index in [0.717, 1.165) is 5.56 Å². The molecule has 1 aromatic carbocycles. The van der Waals surface area contributed by atoms with Crippen LogP contribution in [-0.4, -0.2) is 66.8 Å². The zero-order chi connectivity index (χ0) is 24.5. The van der Waals surface area contributed by atoms with Crippen LogP contribution >= 0.6 is 0 Å². The molecule has 0 spiro atoms. The van der Waals surface area contributed by atoms with Crippen LogP contribution in [0.3, 0.4) is 0 Å². The minimum atomic E-state index is -3.16. The summed E-state index contributed by atoms with van der Waals surface area (Å²) in [5, 5.41) is 7.68. The van der Waals surface area contributed by atoms with Gasteiger partial charge in [-0.1, -0.05) is 0 Å². The molecule has 0 aliphatic carbocycles. The van der Waals surface area contributed by atoms with Gasteiger partial charge in [-0.15, -0.1) is 0 Å². The number of carbonyl (C=O) groups excluding carboxylic acids is 2. The summed E-state index contributed by atoms with van der Waals surface area (Å²) in [4.78, 5) is 29.7. The fraction of sp³-hybridized carbons (Fsp3) is 0.391. The number of carbonyl (C=O) groups is 2. The van der Waals surface area contributed by atoms with E-state index >= 15 is 0 Å². The molecule has 11 heteroatoms. The van der Waals surface area contributed by atoms with Crippen molar-refractivity contribution in [2.75, 3.05) is 31.8 Å². The molecule has 180 valence electrons. The molecule has 1 aliphatic heterocycles. The maximum absolute atomic E-state index is 13.1. The molecule has 1 unspecified atom stereocenters. The van der Waals surface area contributed by atoms with E-state index in [1.54, 1.807) is 43.8 Å². The molecule has 2 aromatic heterocycles. The van der Waals surface area contributed by atoms with E-state index in [-0.39, 0.29) is 30.7 Å². The number of benzene rings is 1. The third-order valence-electron chi connectivity index (χ3n) is 5.72. The molecule has 1 amide bonds. The number of aryl methyl sites for hydroxylation is 1. The summed E-state index contributed by atoms with van der Waals surface area (Å²) in [5.74, 6) is -0.281. The Balaban J connectivity index is 1.83. The first-order valence-corrected chi connectivity index (χ1v) is 12.7. The number of pyridine rings is 1. The smallest absolute Gasteiger partial charge is 0.325 e. The highest BCUT2D eigenvalue weighted by Gasteiger charge is 2.32. The second-order valence-corrected chi connectivity index (χ2v) is 10.3. The average Bonchev–Trinajstić information content (AvgIpc) is 3.35. The van der Waals surface area contributed by atoms with Crippen LogP contribution in [-0.2, 0) is 19.4 Å². The van der Waals surface area contributed by atoms with Crippen LogP contribution in [0, 0.1) is 6.92 Å². The van der Waals surface area contributed by atoms with Gasteiger partial charge in [0, 0.05) is 5.56 Å². The van der Waals surface area contributed by atoms with Crippen molar-refractivity contribution < 1.29 is 27.5 Å². The molecule has 10 nitrogen and oxygen atoms in total. The highest BCUT2D eigenvalue weighted by Crippen LogP contribution is 2.32. The minimum Gasteiger partial charge on any atom is -0.497 e. The Labute approximate surface area is 197 Å². The van der Waals surface area contributed by atoms with Gasteiger partial charge in [-0.2, -0.15) is 5.10 Å². The lowest BCUT2D eigenvalue weighted by atomic mass is 10.0. The van der Waals surface area contributed by atoms with E-state index in [0.29, 0.717) is 40.2 Å². The topological polar surface area (TPSA) is 129 Å². The van der Waals surface area contributed by atoms with Gasteiger partial charge in [-0.25, -0.2) is 18.1 Å². The molecule has 1 N–H and O–H groups in total. The van der Waals surface area contributed by atoms with Crippen molar-refractivity contribution in [2.45, 2.75) is 26.3 Å². The lowest BCUT2D eigenvalue weighted by Crippen LogP contribution is -2.30. The molecule has 3 aromatic rings. The van der Waals surface area contributed by atoms with Crippen molar-refractivity contribution in [2.24, 2.45) is 0 Å². The van der Waals surface area contributed by atoms with Gasteiger partial charge in [0.1, 0.15) is 12.3 Å². The molecule has 1 aliphatic rings. The van der Waals surface area contributed by atoms with E-state index in [9.17, 15) is 18.0 Å². The lowest BCUT2D eigenvalue weighted by molar-refractivity contribution is -0.141. The number of esters is 1. The van der Waals surface area contributed by atoms with Gasteiger partial charge < -0.3 is 14.8 Å². The fourth-order valence-corrected chi connectivity index (χ4v) is 5.78. The Bertz CT molecular complexity index is 1350. The van der Waals surface area contributed by atoms with Crippen LogP contribution in [0.4, 0.5) is 0 Å². The quantitative estimate of drug-likeness (QED) is 0.503. The van der Waals surface area contributed by atoms with Crippen molar-refractivity contribution in [1.29, 1.82) is 0 Å². The largest absolute Gasteiger partial charge is 0.497 e. The predicted octanol–water partition coefficient (Wildman–Crippen LogP) is 2.07. The Morgan fingerprint density at radius 1 is 1.24 bits per heavy atom. The number of fused-ring (bicyclic) bond motifs is 1. The Morgan fingerprint density at radius 2 is 1.97 bits per heavy atom. The SMILES string of the molecule is CCOC(=O)CNC(=O)c1cc(-c2ccc(OC)cc2)nc2c1c(C)nn2C1CCS(=O)(=O)C1. The minimum absolute atomic E-state index is 0.0257. The highest BCUT2D eigenvalue weighted by atomic mass is 32.2. The second-order valence-electron chi connectivity index (χ2n) is 8.06. The Hall–Kier alpha value is -3.47. The van der Waals surface area contributed by atoms with Crippen LogP contribution < -0.4 is 10.1 Å². The molecule has 0 saturated carbocycles. The molecule has 34 heavy (non-hydrogen) atoms. The van der Waals surface area contributed by atoms with Crippen molar-refractivity contribution >= 4 is 32.7 Å². The summed E-state index contributed by atoms with van der Waals surface area (Å²) in [6.07, 6.45) is 0.428. The van der Waals surface area contributed by atoms with Crippen LogP contribution in [0.5, 0.6) is 5.75 Å². The third-order valence-corrected chi connectivity index (χ3v) is 7.47. The van der Waals surface area contributed by atoms with Gasteiger partial charge in [0.2, 0.25) is 0 Å². The first kappa shape index (κ1) is 23.7. The number of nitrogens with zero attached hydrogens (tertiary/aromatic N) is 3. The number of amides is 1. The lowest BCUT2D eigenvalue weighted by Gasteiger charge is -2.12. The number of hydrogen-bond donors (Lipinski definition) is 1. The van der Waals surface area contributed by atoms with Gasteiger partial charge in [-0.05, 0) is 50.6 Å². The molecule has 0 radical (unpaired) electrons. The molecule has 3 heterocycles.